The molecule has 0 radical (unpaired) electrons. The summed E-state index contributed by atoms with van der Waals surface area (Å²) >= 11 is 0. The number of hydrogen-bond donors (Lipinski definition) is 0. The van der Waals surface area contributed by atoms with E-state index in [0.29, 0.717) is 6.42 Å². The van der Waals surface area contributed by atoms with E-state index in [1.54, 1.807) is 0 Å². The standard InChI is InChI=1S/C20H18N2O3/c21-13-17(11-15-7-3-1-4-8-15)19(23)22-18(14-25-20(22)24)12-16-9-5-2-6-10-16/h1-10,17-18H,11-12,14H2/t17-,18-/m0/s1. The second-order valence-corrected chi connectivity index (χ2v) is 6.00. The van der Waals surface area contributed by atoms with Gasteiger partial charge >= 0.3 is 6.09 Å². The molecule has 0 bridgehead atoms. The van der Waals surface area contributed by atoms with Crippen LogP contribution in [0.2, 0.25) is 0 Å². The van der Waals surface area contributed by atoms with Crippen molar-refractivity contribution in [3.8, 4) is 6.07 Å². The number of hydrogen-bond acceptors (Lipinski definition) is 4. The zero-order valence-electron chi connectivity index (χ0n) is 13.7. The number of carbonyl (C=O) groups is 2. The molecule has 0 aliphatic carbocycles. The molecule has 2 atom stereocenters. The fourth-order valence-corrected chi connectivity index (χ4v) is 2.97. The third-order valence-electron chi connectivity index (χ3n) is 4.25. The number of ether oxygens (including phenoxy) is 1. The summed E-state index contributed by atoms with van der Waals surface area (Å²) in [4.78, 5) is 26.0. The monoisotopic (exact) mass is 334 g/mol. The highest BCUT2D eigenvalue weighted by Gasteiger charge is 2.40. The van der Waals surface area contributed by atoms with Crippen molar-refractivity contribution in [3.63, 3.8) is 0 Å². The number of benzene rings is 2. The minimum Gasteiger partial charge on any atom is -0.447 e. The Morgan fingerprint density at radius 3 is 2.32 bits per heavy atom. The van der Waals surface area contributed by atoms with Gasteiger partial charge in [0.1, 0.15) is 12.5 Å². The van der Waals surface area contributed by atoms with Crippen LogP contribution in [0.1, 0.15) is 11.1 Å². The van der Waals surface area contributed by atoms with E-state index < -0.39 is 17.9 Å². The smallest absolute Gasteiger partial charge is 0.417 e. The minimum absolute atomic E-state index is 0.156. The molecule has 0 N–H and O–H groups in total. The number of nitriles is 1. The van der Waals surface area contributed by atoms with Crippen molar-refractivity contribution < 1.29 is 14.3 Å². The molecule has 0 aromatic heterocycles. The number of nitrogens with zero attached hydrogens (tertiary/aromatic N) is 2. The van der Waals surface area contributed by atoms with Crippen LogP contribution in [-0.2, 0) is 22.4 Å². The lowest BCUT2D eigenvalue weighted by Gasteiger charge is -2.22. The highest BCUT2D eigenvalue weighted by molar-refractivity contribution is 5.96. The molecule has 1 saturated heterocycles. The van der Waals surface area contributed by atoms with Crippen molar-refractivity contribution in [3.05, 3.63) is 71.8 Å². The predicted octanol–water partition coefficient (Wildman–Crippen LogP) is 2.96. The van der Waals surface area contributed by atoms with Gasteiger partial charge in [-0.1, -0.05) is 60.7 Å². The van der Waals surface area contributed by atoms with Crippen LogP contribution in [0.25, 0.3) is 0 Å². The number of amides is 2. The zero-order valence-corrected chi connectivity index (χ0v) is 13.7. The summed E-state index contributed by atoms with van der Waals surface area (Å²) in [6, 6.07) is 20.6. The first-order valence-corrected chi connectivity index (χ1v) is 8.16. The maximum absolute atomic E-state index is 12.8. The van der Waals surface area contributed by atoms with Gasteiger partial charge in [0.2, 0.25) is 5.91 Å². The molecule has 2 aromatic rings. The number of rotatable bonds is 5. The lowest BCUT2D eigenvalue weighted by Crippen LogP contribution is -2.43. The van der Waals surface area contributed by atoms with E-state index in [4.69, 9.17) is 4.74 Å². The normalized spacial score (nSPS) is 17.6. The molecule has 0 spiro atoms. The van der Waals surface area contributed by atoms with E-state index in [1.165, 1.54) is 0 Å². The lowest BCUT2D eigenvalue weighted by molar-refractivity contribution is -0.131. The molecule has 1 aliphatic heterocycles. The van der Waals surface area contributed by atoms with Crippen molar-refractivity contribution in [1.29, 1.82) is 5.26 Å². The Balaban J connectivity index is 1.75. The SMILES string of the molecule is N#C[C@H](Cc1ccccc1)C(=O)N1C(=O)OC[C@@H]1Cc1ccccc1. The van der Waals surface area contributed by atoms with Gasteiger partial charge < -0.3 is 4.74 Å². The van der Waals surface area contributed by atoms with Crippen LogP contribution in [0.15, 0.2) is 60.7 Å². The van der Waals surface area contributed by atoms with Crippen LogP contribution < -0.4 is 0 Å². The van der Waals surface area contributed by atoms with Gasteiger partial charge in [-0.05, 0) is 24.0 Å². The van der Waals surface area contributed by atoms with Crippen molar-refractivity contribution in [2.24, 2.45) is 5.92 Å². The van der Waals surface area contributed by atoms with Crippen molar-refractivity contribution in [2.45, 2.75) is 18.9 Å². The number of cyclic esters (lactones) is 1. The summed E-state index contributed by atoms with van der Waals surface area (Å²) in [6.07, 6.45) is 0.124. The largest absolute Gasteiger partial charge is 0.447 e. The highest BCUT2D eigenvalue weighted by atomic mass is 16.6. The van der Waals surface area contributed by atoms with Crippen LogP contribution in [0.4, 0.5) is 4.79 Å². The Morgan fingerprint density at radius 2 is 1.72 bits per heavy atom. The van der Waals surface area contributed by atoms with Crippen molar-refractivity contribution >= 4 is 12.0 Å². The zero-order chi connectivity index (χ0) is 17.6. The van der Waals surface area contributed by atoms with Gasteiger partial charge in [-0.3, -0.25) is 4.79 Å². The van der Waals surface area contributed by atoms with Crippen LogP contribution in [-0.4, -0.2) is 29.5 Å². The first-order valence-electron chi connectivity index (χ1n) is 8.16. The highest BCUT2D eigenvalue weighted by Crippen LogP contribution is 2.21. The Hall–Kier alpha value is -3.13. The van der Waals surface area contributed by atoms with Gasteiger partial charge in [-0.25, -0.2) is 9.69 Å². The van der Waals surface area contributed by atoms with Gasteiger partial charge in [0, 0.05) is 0 Å². The quantitative estimate of drug-likeness (QED) is 0.843. The fraction of sp³-hybridized carbons (Fsp3) is 0.250. The van der Waals surface area contributed by atoms with Gasteiger partial charge in [-0.15, -0.1) is 0 Å². The van der Waals surface area contributed by atoms with E-state index in [1.807, 2.05) is 66.7 Å². The van der Waals surface area contributed by atoms with E-state index in [2.05, 4.69) is 0 Å². The topological polar surface area (TPSA) is 70.4 Å². The number of carbonyl (C=O) groups excluding carboxylic acids is 2. The Bertz CT molecular complexity index is 784. The second kappa shape index (κ2) is 7.63. The maximum Gasteiger partial charge on any atom is 0.417 e. The average Bonchev–Trinajstić information content (AvgIpc) is 3.01. The van der Waals surface area contributed by atoms with Gasteiger partial charge in [0.05, 0.1) is 12.1 Å². The van der Waals surface area contributed by atoms with Gasteiger partial charge in [0.15, 0.2) is 0 Å². The van der Waals surface area contributed by atoms with E-state index in [-0.39, 0.29) is 19.1 Å². The van der Waals surface area contributed by atoms with E-state index >= 15 is 0 Å². The molecule has 1 fully saturated rings. The minimum atomic E-state index is -0.911. The second-order valence-electron chi connectivity index (χ2n) is 6.00. The summed E-state index contributed by atoms with van der Waals surface area (Å²) < 4.78 is 5.07. The molecule has 2 amide bonds. The summed E-state index contributed by atoms with van der Waals surface area (Å²) in [6.45, 7) is 0.156. The molecule has 2 aromatic carbocycles. The summed E-state index contributed by atoms with van der Waals surface area (Å²) in [7, 11) is 0. The van der Waals surface area contributed by atoms with Crippen LogP contribution in [0.5, 0.6) is 0 Å². The van der Waals surface area contributed by atoms with Crippen LogP contribution in [0, 0.1) is 17.2 Å². The fourth-order valence-electron chi connectivity index (χ4n) is 2.97. The molecule has 5 heteroatoms. The number of imide groups is 1. The molecule has 5 nitrogen and oxygen atoms in total. The van der Waals surface area contributed by atoms with E-state index in [9.17, 15) is 14.9 Å². The molecule has 126 valence electrons. The average molecular weight is 334 g/mol. The molecule has 0 saturated carbocycles. The predicted molar refractivity (Wildman–Crippen MR) is 91.4 cm³/mol. The van der Waals surface area contributed by atoms with Gasteiger partial charge in [-0.2, -0.15) is 5.26 Å². The third kappa shape index (κ3) is 3.86. The third-order valence-corrected chi connectivity index (χ3v) is 4.25. The molecule has 25 heavy (non-hydrogen) atoms. The van der Waals surface area contributed by atoms with Crippen LogP contribution in [0.3, 0.4) is 0 Å². The van der Waals surface area contributed by atoms with Crippen molar-refractivity contribution in [2.75, 3.05) is 6.61 Å². The Labute approximate surface area is 146 Å². The Morgan fingerprint density at radius 1 is 1.12 bits per heavy atom. The van der Waals surface area contributed by atoms with Crippen LogP contribution >= 0.6 is 0 Å². The first kappa shape index (κ1) is 16.7. The molecule has 1 heterocycles. The summed E-state index contributed by atoms with van der Waals surface area (Å²) in [5.74, 6) is -1.40. The van der Waals surface area contributed by atoms with E-state index in [0.717, 1.165) is 16.0 Å². The molecule has 0 unspecified atom stereocenters. The van der Waals surface area contributed by atoms with Crippen molar-refractivity contribution in [1.82, 2.24) is 4.90 Å². The summed E-state index contributed by atoms with van der Waals surface area (Å²) in [5, 5.41) is 9.43. The lowest BCUT2D eigenvalue weighted by atomic mass is 9.98. The molecule has 3 rings (SSSR count). The molecular weight excluding hydrogens is 316 g/mol. The molecular formula is C20H18N2O3. The first-order chi connectivity index (χ1) is 12.2. The Kier molecular flexibility index (Phi) is 5.10. The molecule has 1 aliphatic rings. The summed E-state index contributed by atoms with van der Waals surface area (Å²) in [5.41, 5.74) is 1.90. The van der Waals surface area contributed by atoms with Gasteiger partial charge in [0.25, 0.3) is 0 Å². The maximum atomic E-state index is 12.8.